The number of ether oxygens (including phenoxy) is 1. The second-order valence-corrected chi connectivity index (χ2v) is 6.33. The minimum Gasteiger partial charge on any atom is -0.462 e. The third-order valence-corrected chi connectivity index (χ3v) is 4.07. The Balaban J connectivity index is 1.89. The van der Waals surface area contributed by atoms with E-state index in [2.05, 4.69) is 5.32 Å². The van der Waals surface area contributed by atoms with Crippen molar-refractivity contribution in [1.29, 1.82) is 0 Å². The molecule has 0 saturated carbocycles. The van der Waals surface area contributed by atoms with E-state index in [1.165, 1.54) is 0 Å². The van der Waals surface area contributed by atoms with Gasteiger partial charge >= 0.3 is 5.97 Å². The summed E-state index contributed by atoms with van der Waals surface area (Å²) in [5.74, 6) is -0.901. The van der Waals surface area contributed by atoms with E-state index in [0.29, 0.717) is 30.9 Å². The Bertz CT molecular complexity index is 628. The molecular formula is C18H25N3O4. The molecule has 0 aromatic heterocycles. The number of hydrogen-bond acceptors (Lipinski definition) is 5. The number of carbonyl (C=O) groups excluding carboxylic acids is 3. The molecule has 1 heterocycles. The lowest BCUT2D eigenvalue weighted by molar-refractivity contribution is -0.128. The van der Waals surface area contributed by atoms with Crippen molar-refractivity contribution in [3.05, 3.63) is 29.8 Å². The van der Waals surface area contributed by atoms with Crippen LogP contribution in [0.3, 0.4) is 0 Å². The van der Waals surface area contributed by atoms with Gasteiger partial charge in [0.05, 0.1) is 18.1 Å². The fourth-order valence-electron chi connectivity index (χ4n) is 2.63. The minimum atomic E-state index is -0.390. The van der Waals surface area contributed by atoms with E-state index in [1.54, 1.807) is 36.1 Å². The number of likely N-dealkylation sites (N-methyl/N-ethyl adjacent to an activating group) is 1. The Morgan fingerprint density at radius 3 is 2.56 bits per heavy atom. The molecule has 0 spiro atoms. The zero-order chi connectivity index (χ0) is 18.4. The lowest BCUT2D eigenvalue weighted by atomic mass is 10.1. The first kappa shape index (κ1) is 18.9. The second kappa shape index (κ2) is 8.62. The van der Waals surface area contributed by atoms with Crippen molar-refractivity contribution in [1.82, 2.24) is 9.80 Å². The average Bonchev–Trinajstić information content (AvgIpc) is 2.95. The topological polar surface area (TPSA) is 78.9 Å². The number of likely N-dealkylation sites (tertiary alicyclic amines) is 1. The lowest BCUT2D eigenvalue weighted by Crippen LogP contribution is -2.33. The molecule has 1 aliphatic heterocycles. The van der Waals surface area contributed by atoms with Crippen LogP contribution in [-0.4, -0.2) is 67.9 Å². The molecule has 1 N–H and O–H groups in total. The van der Waals surface area contributed by atoms with Crippen molar-refractivity contribution in [2.45, 2.75) is 13.3 Å². The molecule has 25 heavy (non-hydrogen) atoms. The van der Waals surface area contributed by atoms with Gasteiger partial charge in [0.1, 0.15) is 0 Å². The van der Waals surface area contributed by atoms with Crippen LogP contribution in [-0.2, 0) is 14.3 Å². The van der Waals surface area contributed by atoms with Crippen LogP contribution in [0, 0.1) is 5.92 Å². The Morgan fingerprint density at radius 2 is 1.96 bits per heavy atom. The number of rotatable bonds is 7. The van der Waals surface area contributed by atoms with E-state index in [0.717, 1.165) is 6.54 Å². The van der Waals surface area contributed by atoms with Gasteiger partial charge < -0.3 is 19.9 Å². The quantitative estimate of drug-likeness (QED) is 0.750. The van der Waals surface area contributed by atoms with Crippen LogP contribution < -0.4 is 5.32 Å². The molecule has 1 aromatic carbocycles. The number of benzene rings is 1. The number of amides is 2. The van der Waals surface area contributed by atoms with E-state index in [-0.39, 0.29) is 24.2 Å². The van der Waals surface area contributed by atoms with Crippen LogP contribution >= 0.6 is 0 Å². The highest BCUT2D eigenvalue weighted by Crippen LogP contribution is 2.20. The molecule has 1 atom stereocenters. The van der Waals surface area contributed by atoms with Gasteiger partial charge in [-0.3, -0.25) is 9.59 Å². The van der Waals surface area contributed by atoms with Gasteiger partial charge in [-0.1, -0.05) is 0 Å². The molecule has 0 radical (unpaired) electrons. The predicted molar refractivity (Wildman–Crippen MR) is 94.3 cm³/mol. The van der Waals surface area contributed by atoms with Crippen molar-refractivity contribution in [2.24, 2.45) is 5.92 Å². The highest BCUT2D eigenvalue weighted by molar-refractivity contribution is 5.97. The molecule has 2 amide bonds. The molecule has 0 bridgehead atoms. The summed E-state index contributed by atoms with van der Waals surface area (Å²) in [7, 11) is 3.90. The maximum Gasteiger partial charge on any atom is 0.338 e. The number of nitrogens with zero attached hydrogens (tertiary/aromatic N) is 2. The first-order valence-corrected chi connectivity index (χ1v) is 8.41. The van der Waals surface area contributed by atoms with Crippen LogP contribution in [0.4, 0.5) is 5.69 Å². The molecule has 1 aromatic rings. The van der Waals surface area contributed by atoms with Gasteiger partial charge in [0.25, 0.3) is 0 Å². The smallest absolute Gasteiger partial charge is 0.338 e. The van der Waals surface area contributed by atoms with E-state index in [1.807, 2.05) is 19.0 Å². The fraction of sp³-hybridized carbons (Fsp3) is 0.500. The summed E-state index contributed by atoms with van der Waals surface area (Å²) in [6.07, 6.45) is 0.236. The van der Waals surface area contributed by atoms with E-state index in [4.69, 9.17) is 4.74 Å². The first-order chi connectivity index (χ1) is 11.9. The fourth-order valence-corrected chi connectivity index (χ4v) is 2.63. The van der Waals surface area contributed by atoms with Gasteiger partial charge in [0, 0.05) is 31.7 Å². The third-order valence-electron chi connectivity index (χ3n) is 4.07. The number of nitrogens with one attached hydrogen (secondary N) is 1. The largest absolute Gasteiger partial charge is 0.462 e. The summed E-state index contributed by atoms with van der Waals surface area (Å²) >= 11 is 0. The standard InChI is InChI=1S/C18H25N3O4/c1-4-25-18(24)13-5-7-15(8-6-13)19-17(23)14-11-16(22)21(12-14)10-9-20(2)3/h5-8,14H,4,9-12H2,1-3H3,(H,19,23). The molecule has 1 saturated heterocycles. The molecule has 1 fully saturated rings. The van der Waals surface area contributed by atoms with Crippen LogP contribution in [0.5, 0.6) is 0 Å². The highest BCUT2D eigenvalue weighted by Gasteiger charge is 2.34. The van der Waals surface area contributed by atoms with Gasteiger partial charge in [0.15, 0.2) is 0 Å². The number of anilines is 1. The Kier molecular flexibility index (Phi) is 6.52. The van der Waals surface area contributed by atoms with Crippen molar-refractivity contribution >= 4 is 23.5 Å². The van der Waals surface area contributed by atoms with Gasteiger partial charge in [-0.2, -0.15) is 0 Å². The monoisotopic (exact) mass is 347 g/mol. The normalized spacial score (nSPS) is 17.0. The van der Waals surface area contributed by atoms with Crippen LogP contribution in [0.2, 0.25) is 0 Å². The third kappa shape index (κ3) is 5.29. The Hall–Kier alpha value is -2.41. The highest BCUT2D eigenvalue weighted by atomic mass is 16.5. The van der Waals surface area contributed by atoms with Gasteiger partial charge in [-0.15, -0.1) is 0 Å². The summed E-state index contributed by atoms with van der Waals surface area (Å²) < 4.78 is 4.92. The summed E-state index contributed by atoms with van der Waals surface area (Å²) in [4.78, 5) is 39.7. The van der Waals surface area contributed by atoms with Crippen molar-refractivity contribution in [2.75, 3.05) is 45.7 Å². The average molecular weight is 347 g/mol. The molecule has 7 heteroatoms. The number of esters is 1. The van der Waals surface area contributed by atoms with Gasteiger partial charge in [0.2, 0.25) is 11.8 Å². The second-order valence-electron chi connectivity index (χ2n) is 6.33. The first-order valence-electron chi connectivity index (χ1n) is 8.41. The maximum absolute atomic E-state index is 12.4. The molecular weight excluding hydrogens is 322 g/mol. The Labute approximate surface area is 147 Å². The zero-order valence-electron chi connectivity index (χ0n) is 14.9. The number of carbonyl (C=O) groups is 3. The van der Waals surface area contributed by atoms with Gasteiger partial charge in [-0.25, -0.2) is 4.79 Å². The summed E-state index contributed by atoms with van der Waals surface area (Å²) in [5, 5.41) is 2.81. The zero-order valence-corrected chi connectivity index (χ0v) is 14.9. The minimum absolute atomic E-state index is 0.0136. The maximum atomic E-state index is 12.4. The van der Waals surface area contributed by atoms with Crippen LogP contribution in [0.25, 0.3) is 0 Å². The van der Waals surface area contributed by atoms with Crippen LogP contribution in [0.15, 0.2) is 24.3 Å². The molecule has 0 aliphatic carbocycles. The van der Waals surface area contributed by atoms with E-state index < -0.39 is 5.97 Å². The van der Waals surface area contributed by atoms with Crippen molar-refractivity contribution in [3.8, 4) is 0 Å². The lowest BCUT2D eigenvalue weighted by Gasteiger charge is -2.19. The van der Waals surface area contributed by atoms with E-state index in [9.17, 15) is 14.4 Å². The molecule has 7 nitrogen and oxygen atoms in total. The Morgan fingerprint density at radius 1 is 1.28 bits per heavy atom. The molecule has 1 unspecified atom stereocenters. The molecule has 1 aliphatic rings. The summed E-state index contributed by atoms with van der Waals surface area (Å²) in [6.45, 7) is 3.91. The number of hydrogen-bond donors (Lipinski definition) is 1. The SMILES string of the molecule is CCOC(=O)c1ccc(NC(=O)C2CC(=O)N(CCN(C)C)C2)cc1. The van der Waals surface area contributed by atoms with Gasteiger partial charge in [-0.05, 0) is 45.3 Å². The molecule has 2 rings (SSSR count). The van der Waals surface area contributed by atoms with Crippen LogP contribution in [0.1, 0.15) is 23.7 Å². The summed E-state index contributed by atoms with van der Waals surface area (Å²) in [5.41, 5.74) is 1.03. The van der Waals surface area contributed by atoms with Crippen molar-refractivity contribution in [3.63, 3.8) is 0 Å². The summed E-state index contributed by atoms with van der Waals surface area (Å²) in [6, 6.07) is 6.53. The van der Waals surface area contributed by atoms with E-state index >= 15 is 0 Å². The van der Waals surface area contributed by atoms with Crippen molar-refractivity contribution < 1.29 is 19.1 Å². The molecule has 136 valence electrons. The predicted octanol–water partition coefficient (Wildman–Crippen LogP) is 1.21.